The third-order valence-corrected chi connectivity index (χ3v) is 1.90. The predicted octanol–water partition coefficient (Wildman–Crippen LogP) is 2.61. The van der Waals surface area contributed by atoms with Gasteiger partial charge in [-0.05, 0) is 25.3 Å². The topological polar surface area (TPSA) is 12.0 Å². The number of nitrogens with one attached hydrogen (secondary N) is 1. The van der Waals surface area contributed by atoms with Crippen LogP contribution in [-0.4, -0.2) is 6.54 Å². The van der Waals surface area contributed by atoms with Crippen molar-refractivity contribution in [3.63, 3.8) is 0 Å². The number of hydrogen-bond donors (Lipinski definition) is 1. The first kappa shape index (κ1) is 8.38. The molecule has 0 spiro atoms. The van der Waals surface area contributed by atoms with E-state index in [-0.39, 0.29) is 0 Å². The van der Waals surface area contributed by atoms with Crippen LogP contribution in [0, 0.1) is 0 Å². The van der Waals surface area contributed by atoms with Gasteiger partial charge in [0.05, 0.1) is 0 Å². The molecule has 1 aliphatic carbocycles. The van der Waals surface area contributed by atoms with Crippen molar-refractivity contribution >= 4 is 0 Å². The van der Waals surface area contributed by atoms with Crippen LogP contribution >= 0.6 is 0 Å². The first-order valence-electron chi connectivity index (χ1n) is 4.53. The Morgan fingerprint density at radius 3 is 3.09 bits per heavy atom. The van der Waals surface area contributed by atoms with Crippen molar-refractivity contribution in [3.8, 4) is 0 Å². The second-order valence-electron chi connectivity index (χ2n) is 2.94. The van der Waals surface area contributed by atoms with E-state index < -0.39 is 0 Å². The minimum absolute atomic E-state index is 1.14. The Balaban J connectivity index is 2.15. The number of allylic oxidation sites excluding steroid dienone is 4. The monoisotopic (exact) mass is 151 g/mol. The molecule has 0 saturated carbocycles. The minimum Gasteiger partial charge on any atom is -0.388 e. The highest BCUT2D eigenvalue weighted by atomic mass is 14.9. The Hall–Kier alpha value is -0.720. The molecule has 0 radical (unpaired) electrons. The van der Waals surface area contributed by atoms with Gasteiger partial charge in [0.15, 0.2) is 0 Å². The fourth-order valence-electron chi connectivity index (χ4n) is 1.18. The maximum atomic E-state index is 3.43. The number of unbranched alkanes of at least 4 members (excludes halogenated alkanes) is 1. The van der Waals surface area contributed by atoms with Crippen LogP contribution < -0.4 is 5.32 Å². The summed E-state index contributed by atoms with van der Waals surface area (Å²) < 4.78 is 0. The van der Waals surface area contributed by atoms with Gasteiger partial charge < -0.3 is 5.32 Å². The summed E-state index contributed by atoms with van der Waals surface area (Å²) in [6.07, 6.45) is 11.5. The van der Waals surface area contributed by atoms with Gasteiger partial charge in [-0.2, -0.15) is 0 Å². The summed E-state index contributed by atoms with van der Waals surface area (Å²) in [6, 6.07) is 0. The third-order valence-electron chi connectivity index (χ3n) is 1.90. The van der Waals surface area contributed by atoms with Gasteiger partial charge in [0.25, 0.3) is 0 Å². The van der Waals surface area contributed by atoms with E-state index in [2.05, 4.69) is 30.5 Å². The van der Waals surface area contributed by atoms with Crippen molar-refractivity contribution in [1.29, 1.82) is 0 Å². The van der Waals surface area contributed by atoms with E-state index in [1.54, 1.807) is 0 Å². The standard InChI is InChI=1S/C10H17N/c1-2-3-9-11-10-7-5-4-6-8-10/h4-5,7,11H,2-3,6,8-9H2,1H3. The molecule has 1 N–H and O–H groups in total. The normalized spacial score (nSPS) is 16.3. The predicted molar refractivity (Wildman–Crippen MR) is 49.4 cm³/mol. The van der Waals surface area contributed by atoms with Crippen LogP contribution in [0.25, 0.3) is 0 Å². The second kappa shape index (κ2) is 5.00. The summed E-state index contributed by atoms with van der Waals surface area (Å²) >= 11 is 0. The molecule has 1 aliphatic rings. The van der Waals surface area contributed by atoms with E-state index in [0.29, 0.717) is 0 Å². The molecule has 0 unspecified atom stereocenters. The highest BCUT2D eigenvalue weighted by Gasteiger charge is 1.96. The Labute approximate surface area is 69.2 Å². The lowest BCUT2D eigenvalue weighted by molar-refractivity contribution is 0.683. The van der Waals surface area contributed by atoms with Crippen LogP contribution in [0.3, 0.4) is 0 Å². The lowest BCUT2D eigenvalue weighted by Gasteiger charge is -2.10. The molecular weight excluding hydrogens is 134 g/mol. The molecule has 62 valence electrons. The fourth-order valence-corrected chi connectivity index (χ4v) is 1.18. The minimum atomic E-state index is 1.14. The molecule has 1 heteroatoms. The zero-order chi connectivity index (χ0) is 7.94. The third kappa shape index (κ3) is 3.26. The first-order chi connectivity index (χ1) is 5.43. The molecule has 0 fully saturated rings. The van der Waals surface area contributed by atoms with E-state index in [4.69, 9.17) is 0 Å². The van der Waals surface area contributed by atoms with Gasteiger partial charge in [-0.25, -0.2) is 0 Å². The molecule has 0 atom stereocenters. The molecule has 0 aliphatic heterocycles. The van der Waals surface area contributed by atoms with Gasteiger partial charge in [0.2, 0.25) is 0 Å². The maximum absolute atomic E-state index is 3.43. The Bertz CT molecular complexity index is 156. The van der Waals surface area contributed by atoms with Gasteiger partial charge in [0, 0.05) is 12.2 Å². The Morgan fingerprint density at radius 1 is 1.55 bits per heavy atom. The highest BCUT2D eigenvalue weighted by Crippen LogP contribution is 2.08. The molecular formula is C10H17N. The van der Waals surface area contributed by atoms with Gasteiger partial charge >= 0.3 is 0 Å². The first-order valence-corrected chi connectivity index (χ1v) is 4.53. The molecule has 1 rings (SSSR count). The van der Waals surface area contributed by atoms with Crippen LogP contribution in [0.1, 0.15) is 32.6 Å². The maximum Gasteiger partial charge on any atom is 0.0143 e. The lowest BCUT2D eigenvalue weighted by Crippen LogP contribution is -2.15. The van der Waals surface area contributed by atoms with Crippen LogP contribution in [0.4, 0.5) is 0 Å². The van der Waals surface area contributed by atoms with E-state index in [1.807, 2.05) is 0 Å². The number of rotatable bonds is 4. The Morgan fingerprint density at radius 2 is 2.45 bits per heavy atom. The van der Waals surface area contributed by atoms with Gasteiger partial charge in [0.1, 0.15) is 0 Å². The average Bonchev–Trinajstić information content (AvgIpc) is 2.07. The van der Waals surface area contributed by atoms with E-state index >= 15 is 0 Å². The van der Waals surface area contributed by atoms with Crippen LogP contribution in [-0.2, 0) is 0 Å². The zero-order valence-electron chi connectivity index (χ0n) is 7.27. The van der Waals surface area contributed by atoms with Crippen molar-refractivity contribution in [2.75, 3.05) is 6.54 Å². The molecule has 11 heavy (non-hydrogen) atoms. The molecule has 0 heterocycles. The lowest BCUT2D eigenvalue weighted by atomic mass is 10.1. The van der Waals surface area contributed by atoms with E-state index in [9.17, 15) is 0 Å². The van der Waals surface area contributed by atoms with Gasteiger partial charge in [-0.15, -0.1) is 0 Å². The van der Waals surface area contributed by atoms with Crippen molar-refractivity contribution in [1.82, 2.24) is 5.32 Å². The van der Waals surface area contributed by atoms with Crippen LogP contribution in [0.15, 0.2) is 23.9 Å². The summed E-state index contributed by atoms with van der Waals surface area (Å²) in [5.74, 6) is 0. The highest BCUT2D eigenvalue weighted by molar-refractivity contribution is 5.15. The van der Waals surface area contributed by atoms with E-state index in [0.717, 1.165) is 6.54 Å². The van der Waals surface area contributed by atoms with Crippen LogP contribution in [0.5, 0.6) is 0 Å². The number of hydrogen-bond acceptors (Lipinski definition) is 1. The second-order valence-corrected chi connectivity index (χ2v) is 2.94. The summed E-state index contributed by atoms with van der Waals surface area (Å²) in [7, 11) is 0. The molecule has 0 aromatic carbocycles. The average molecular weight is 151 g/mol. The smallest absolute Gasteiger partial charge is 0.0143 e. The molecule has 0 aromatic rings. The molecule has 0 saturated heterocycles. The molecule has 0 bridgehead atoms. The molecule has 0 amide bonds. The van der Waals surface area contributed by atoms with Crippen LogP contribution in [0.2, 0.25) is 0 Å². The van der Waals surface area contributed by atoms with Crippen molar-refractivity contribution in [2.24, 2.45) is 0 Å². The molecule has 0 aromatic heterocycles. The fraction of sp³-hybridized carbons (Fsp3) is 0.600. The van der Waals surface area contributed by atoms with Gasteiger partial charge in [-0.1, -0.05) is 25.5 Å². The quantitative estimate of drug-likeness (QED) is 0.609. The van der Waals surface area contributed by atoms with E-state index in [1.165, 1.54) is 31.4 Å². The van der Waals surface area contributed by atoms with Crippen molar-refractivity contribution in [3.05, 3.63) is 23.9 Å². The summed E-state index contributed by atoms with van der Waals surface area (Å²) in [5.41, 5.74) is 1.40. The molecule has 1 nitrogen and oxygen atoms in total. The van der Waals surface area contributed by atoms with Crippen molar-refractivity contribution < 1.29 is 0 Å². The van der Waals surface area contributed by atoms with Gasteiger partial charge in [-0.3, -0.25) is 0 Å². The van der Waals surface area contributed by atoms with Crippen molar-refractivity contribution in [2.45, 2.75) is 32.6 Å². The zero-order valence-corrected chi connectivity index (χ0v) is 7.27. The summed E-state index contributed by atoms with van der Waals surface area (Å²) in [6.45, 7) is 3.35. The largest absolute Gasteiger partial charge is 0.388 e. The summed E-state index contributed by atoms with van der Waals surface area (Å²) in [4.78, 5) is 0. The summed E-state index contributed by atoms with van der Waals surface area (Å²) in [5, 5.41) is 3.43. The Kier molecular flexibility index (Phi) is 3.81. The SMILES string of the molecule is CCCCNC1=CC=CCC1.